The zero-order valence-electron chi connectivity index (χ0n) is 8.64. The summed E-state index contributed by atoms with van der Waals surface area (Å²) in [5.41, 5.74) is 6.07. The van der Waals surface area contributed by atoms with Gasteiger partial charge < -0.3 is 11.1 Å². The first-order valence-electron chi connectivity index (χ1n) is 4.74. The Kier molecular flexibility index (Phi) is 4.10. The van der Waals surface area contributed by atoms with Gasteiger partial charge in [0.25, 0.3) is 5.91 Å². The van der Waals surface area contributed by atoms with Crippen LogP contribution in [0.4, 0.5) is 0 Å². The maximum atomic E-state index is 11.1. The van der Waals surface area contributed by atoms with E-state index in [4.69, 9.17) is 12.2 Å². The number of nitrogens with two attached hydrogens (primary N) is 1. The van der Waals surface area contributed by atoms with Crippen LogP contribution >= 0.6 is 0 Å². The fraction of sp³-hybridized carbons (Fsp3) is 0.167. The molecule has 1 rings (SSSR count). The molecular formula is C12H12N2O2. The van der Waals surface area contributed by atoms with E-state index in [1.54, 1.807) is 0 Å². The zero-order valence-corrected chi connectivity index (χ0v) is 8.64. The molecule has 1 aromatic rings. The number of rotatable bonds is 4. The minimum Gasteiger partial charge on any atom is -0.368 e. The van der Waals surface area contributed by atoms with Gasteiger partial charge in [0.15, 0.2) is 0 Å². The van der Waals surface area contributed by atoms with Crippen LogP contribution in [0.1, 0.15) is 5.56 Å². The van der Waals surface area contributed by atoms with Crippen LogP contribution in [0.3, 0.4) is 0 Å². The van der Waals surface area contributed by atoms with Gasteiger partial charge in [-0.3, -0.25) is 9.59 Å². The van der Waals surface area contributed by atoms with Gasteiger partial charge in [-0.2, -0.15) is 0 Å². The van der Waals surface area contributed by atoms with E-state index in [1.165, 1.54) is 0 Å². The van der Waals surface area contributed by atoms with Crippen LogP contribution in [-0.2, 0) is 16.0 Å². The zero-order chi connectivity index (χ0) is 12.0. The van der Waals surface area contributed by atoms with Crippen LogP contribution in [0, 0.1) is 12.3 Å². The Labute approximate surface area is 93.8 Å². The summed E-state index contributed by atoms with van der Waals surface area (Å²) < 4.78 is 0. The van der Waals surface area contributed by atoms with Crippen molar-refractivity contribution in [1.82, 2.24) is 5.32 Å². The third-order valence-corrected chi connectivity index (χ3v) is 2.06. The van der Waals surface area contributed by atoms with Crippen molar-refractivity contribution in [2.45, 2.75) is 12.5 Å². The van der Waals surface area contributed by atoms with Gasteiger partial charge in [0.1, 0.15) is 6.04 Å². The van der Waals surface area contributed by atoms with Gasteiger partial charge in [0, 0.05) is 6.42 Å². The molecule has 1 unspecified atom stereocenters. The number of hydrogen-bond acceptors (Lipinski definition) is 2. The summed E-state index contributed by atoms with van der Waals surface area (Å²) in [6, 6.07) is 8.47. The van der Waals surface area contributed by atoms with Crippen LogP contribution in [-0.4, -0.2) is 17.9 Å². The highest BCUT2D eigenvalue weighted by Crippen LogP contribution is 2.02. The van der Waals surface area contributed by atoms with E-state index < -0.39 is 17.9 Å². The quantitative estimate of drug-likeness (QED) is 0.686. The average Bonchev–Trinajstić information content (AvgIpc) is 2.29. The number of hydrogen-bond donors (Lipinski definition) is 2. The molecule has 0 bridgehead atoms. The van der Waals surface area contributed by atoms with Crippen LogP contribution < -0.4 is 11.1 Å². The molecule has 2 amide bonds. The van der Waals surface area contributed by atoms with Crippen molar-refractivity contribution in [3.8, 4) is 12.3 Å². The lowest BCUT2D eigenvalue weighted by molar-refractivity contribution is -0.124. The number of nitrogens with one attached hydrogen (secondary N) is 1. The maximum Gasteiger partial charge on any atom is 0.296 e. The third kappa shape index (κ3) is 3.46. The fourth-order valence-electron chi connectivity index (χ4n) is 1.27. The highest BCUT2D eigenvalue weighted by Gasteiger charge is 2.17. The van der Waals surface area contributed by atoms with Crippen molar-refractivity contribution < 1.29 is 9.59 Å². The first-order valence-corrected chi connectivity index (χ1v) is 4.74. The predicted octanol–water partition coefficient (Wildman–Crippen LogP) is -0.168. The molecule has 1 atom stereocenters. The second-order valence-electron chi connectivity index (χ2n) is 3.26. The molecule has 0 aliphatic carbocycles. The topological polar surface area (TPSA) is 72.2 Å². The van der Waals surface area contributed by atoms with E-state index in [-0.39, 0.29) is 0 Å². The normalized spacial score (nSPS) is 11.2. The van der Waals surface area contributed by atoms with Gasteiger partial charge in [0.2, 0.25) is 5.91 Å². The van der Waals surface area contributed by atoms with E-state index in [2.05, 4.69) is 5.32 Å². The average molecular weight is 216 g/mol. The Hall–Kier alpha value is -2.28. The third-order valence-electron chi connectivity index (χ3n) is 2.06. The van der Waals surface area contributed by atoms with Crippen LogP contribution in [0.25, 0.3) is 0 Å². The van der Waals surface area contributed by atoms with Crippen LogP contribution in [0.2, 0.25) is 0 Å². The van der Waals surface area contributed by atoms with E-state index in [0.717, 1.165) is 5.56 Å². The lowest BCUT2D eigenvalue weighted by Crippen LogP contribution is -2.45. The Morgan fingerprint density at radius 1 is 1.38 bits per heavy atom. The molecule has 82 valence electrons. The minimum atomic E-state index is -0.772. The van der Waals surface area contributed by atoms with Gasteiger partial charge >= 0.3 is 0 Å². The second-order valence-corrected chi connectivity index (χ2v) is 3.26. The van der Waals surface area contributed by atoms with Crippen molar-refractivity contribution >= 4 is 11.8 Å². The van der Waals surface area contributed by atoms with Crippen LogP contribution in [0.15, 0.2) is 30.3 Å². The molecule has 4 heteroatoms. The van der Waals surface area contributed by atoms with Crippen molar-refractivity contribution in [2.75, 3.05) is 0 Å². The molecule has 0 radical (unpaired) electrons. The monoisotopic (exact) mass is 216 g/mol. The first-order chi connectivity index (χ1) is 7.63. The molecule has 0 fully saturated rings. The van der Waals surface area contributed by atoms with E-state index >= 15 is 0 Å². The molecule has 1 aromatic carbocycles. The first kappa shape index (κ1) is 11.8. The molecule has 3 N–H and O–H groups in total. The van der Waals surface area contributed by atoms with Gasteiger partial charge in [-0.15, -0.1) is 6.42 Å². The second kappa shape index (κ2) is 5.56. The largest absolute Gasteiger partial charge is 0.368 e. The molecule has 16 heavy (non-hydrogen) atoms. The maximum absolute atomic E-state index is 11.1. The summed E-state index contributed by atoms with van der Waals surface area (Å²) in [7, 11) is 0. The summed E-state index contributed by atoms with van der Waals surface area (Å²) in [5, 5.41) is 2.37. The SMILES string of the molecule is C#CC(=O)NC(Cc1ccccc1)C(N)=O. The summed E-state index contributed by atoms with van der Waals surface area (Å²) in [6.07, 6.45) is 5.24. The van der Waals surface area contributed by atoms with E-state index in [0.29, 0.717) is 6.42 Å². The fourth-order valence-corrected chi connectivity index (χ4v) is 1.27. The number of benzene rings is 1. The van der Waals surface area contributed by atoms with E-state index in [9.17, 15) is 9.59 Å². The van der Waals surface area contributed by atoms with Crippen molar-refractivity contribution in [3.63, 3.8) is 0 Å². The molecular weight excluding hydrogens is 204 g/mol. The molecule has 4 nitrogen and oxygen atoms in total. The van der Waals surface area contributed by atoms with Crippen molar-refractivity contribution in [3.05, 3.63) is 35.9 Å². The molecule has 0 aromatic heterocycles. The molecule has 0 heterocycles. The Morgan fingerprint density at radius 3 is 2.50 bits per heavy atom. The Balaban J connectivity index is 2.70. The van der Waals surface area contributed by atoms with Crippen molar-refractivity contribution in [1.29, 1.82) is 0 Å². The van der Waals surface area contributed by atoms with Gasteiger partial charge in [0.05, 0.1) is 0 Å². The standard InChI is InChI=1S/C12H12N2O2/c1-2-11(15)14-10(12(13)16)8-9-6-4-3-5-7-9/h1,3-7,10H,8H2,(H2,13,16)(H,14,15). The number of terminal acetylenes is 1. The predicted molar refractivity (Wildman–Crippen MR) is 60.1 cm³/mol. The highest BCUT2D eigenvalue weighted by atomic mass is 16.2. The van der Waals surface area contributed by atoms with Gasteiger partial charge in [-0.1, -0.05) is 30.3 Å². The summed E-state index contributed by atoms with van der Waals surface area (Å²) in [5.74, 6) is 0.635. The van der Waals surface area contributed by atoms with Gasteiger partial charge in [-0.05, 0) is 11.5 Å². The Bertz CT molecular complexity index is 420. The molecule has 0 spiro atoms. The van der Waals surface area contributed by atoms with Crippen molar-refractivity contribution in [2.24, 2.45) is 5.73 Å². The number of carbonyl (C=O) groups is 2. The number of primary amides is 1. The summed E-state index contributed by atoms with van der Waals surface area (Å²) in [4.78, 5) is 22.1. The van der Waals surface area contributed by atoms with E-state index in [1.807, 2.05) is 36.3 Å². The summed E-state index contributed by atoms with van der Waals surface area (Å²) >= 11 is 0. The molecule has 0 aliphatic rings. The number of amides is 2. The smallest absolute Gasteiger partial charge is 0.296 e. The number of carbonyl (C=O) groups excluding carboxylic acids is 2. The van der Waals surface area contributed by atoms with Crippen LogP contribution in [0.5, 0.6) is 0 Å². The molecule has 0 aliphatic heterocycles. The minimum absolute atomic E-state index is 0.337. The lowest BCUT2D eigenvalue weighted by atomic mass is 10.1. The highest BCUT2D eigenvalue weighted by molar-refractivity contribution is 5.96. The lowest BCUT2D eigenvalue weighted by Gasteiger charge is -2.13. The Morgan fingerprint density at radius 2 is 2.00 bits per heavy atom. The summed E-state index contributed by atoms with van der Waals surface area (Å²) in [6.45, 7) is 0. The molecule has 0 saturated heterocycles. The van der Waals surface area contributed by atoms with Gasteiger partial charge in [-0.25, -0.2) is 0 Å². The molecule has 0 saturated carbocycles.